The van der Waals surface area contributed by atoms with Gasteiger partial charge in [0.2, 0.25) is 0 Å². The molecule has 0 bridgehead atoms. The third-order valence-corrected chi connectivity index (χ3v) is 6.89. The van der Waals surface area contributed by atoms with Crippen molar-refractivity contribution in [3.63, 3.8) is 0 Å². The summed E-state index contributed by atoms with van der Waals surface area (Å²) in [4.78, 5) is 13.4. The predicted molar refractivity (Wildman–Crippen MR) is 139 cm³/mol. The number of hydrogen-bond donors (Lipinski definition) is 1. The van der Waals surface area contributed by atoms with Crippen molar-refractivity contribution in [2.24, 2.45) is 0 Å². The van der Waals surface area contributed by atoms with Crippen LogP contribution in [0.25, 0.3) is 0 Å². The summed E-state index contributed by atoms with van der Waals surface area (Å²) in [5.74, 6) is -0.283. The molecule has 1 heterocycles. The molecule has 2 unspecified atom stereocenters. The lowest BCUT2D eigenvalue weighted by atomic mass is 10.0. The van der Waals surface area contributed by atoms with E-state index in [-0.39, 0.29) is 28.1 Å². The molecule has 1 amide bonds. The molecule has 0 radical (unpaired) electrons. The minimum atomic E-state index is -2.79. The number of nitrogens with one attached hydrogen (secondary N) is 1. The van der Waals surface area contributed by atoms with Gasteiger partial charge >= 0.3 is 0 Å². The second kappa shape index (κ2) is 11.5. The fourth-order valence-electron chi connectivity index (χ4n) is 3.73. The molecule has 180 valence electrons. The third-order valence-electron chi connectivity index (χ3n) is 5.43. The second-order valence-corrected chi connectivity index (χ2v) is 9.48. The summed E-state index contributed by atoms with van der Waals surface area (Å²) in [7, 11) is 0. The van der Waals surface area contributed by atoms with Gasteiger partial charge in [0.25, 0.3) is 5.91 Å². The number of nitrogens with zero attached hydrogens (tertiary/aromatic N) is 3. The van der Waals surface area contributed by atoms with Gasteiger partial charge < -0.3 is 9.87 Å². The van der Waals surface area contributed by atoms with Crippen molar-refractivity contribution < 1.29 is 13.6 Å². The van der Waals surface area contributed by atoms with E-state index in [0.29, 0.717) is 18.5 Å². The molecule has 0 aliphatic rings. The maximum atomic E-state index is 13.4. The van der Waals surface area contributed by atoms with E-state index in [0.717, 1.165) is 27.2 Å². The number of benzene rings is 3. The van der Waals surface area contributed by atoms with Gasteiger partial charge in [-0.25, -0.2) is 0 Å². The van der Waals surface area contributed by atoms with E-state index in [1.807, 2.05) is 67.6 Å². The van der Waals surface area contributed by atoms with E-state index in [9.17, 15) is 13.6 Å². The normalized spacial score (nSPS) is 12.7. The number of carbonyl (C=O) groups excluding carboxylic acids is 1. The number of anilines is 2. The van der Waals surface area contributed by atoms with Gasteiger partial charge in [-0.15, -0.1) is 0 Å². The Bertz CT molecular complexity index is 1320. The summed E-state index contributed by atoms with van der Waals surface area (Å²) in [6, 6.07) is 23.4. The highest BCUT2D eigenvalue weighted by molar-refractivity contribution is 7.81. The number of hydrogen-bond acceptors (Lipinski definition) is 6. The molecule has 0 spiro atoms. The molecule has 1 aromatic heterocycles. The van der Waals surface area contributed by atoms with E-state index in [2.05, 4.69) is 14.1 Å². The van der Waals surface area contributed by atoms with E-state index in [1.54, 1.807) is 6.07 Å². The second-order valence-electron chi connectivity index (χ2n) is 7.71. The Balaban J connectivity index is 1.71. The molecule has 0 saturated heterocycles. The molecule has 35 heavy (non-hydrogen) atoms. The fraction of sp³-hybridized carbons (Fsp3) is 0.160. The average molecular weight is 526 g/mol. The van der Waals surface area contributed by atoms with Gasteiger partial charge in [-0.2, -0.15) is 8.75 Å². The van der Waals surface area contributed by atoms with E-state index >= 15 is 0 Å². The quantitative estimate of drug-likeness (QED) is 0.287. The van der Waals surface area contributed by atoms with Gasteiger partial charge in [0, 0.05) is 11.4 Å². The van der Waals surface area contributed by atoms with Gasteiger partial charge in [0.05, 0.1) is 40.3 Å². The van der Waals surface area contributed by atoms with Gasteiger partial charge in [0.15, 0.2) is 5.82 Å². The average Bonchev–Trinajstić information content (AvgIpc) is 3.31. The van der Waals surface area contributed by atoms with Crippen LogP contribution in [0.15, 0.2) is 78.9 Å². The van der Waals surface area contributed by atoms with Crippen molar-refractivity contribution in [1.82, 2.24) is 14.1 Å². The van der Waals surface area contributed by atoms with Crippen LogP contribution < -0.4 is 9.62 Å². The van der Waals surface area contributed by atoms with Crippen LogP contribution in [0.5, 0.6) is 0 Å². The van der Waals surface area contributed by atoms with E-state index < -0.39 is 17.2 Å². The first kappa shape index (κ1) is 25.0. The third kappa shape index (κ3) is 5.94. The van der Waals surface area contributed by atoms with Gasteiger partial charge in [-0.05, 0) is 35.7 Å². The minimum absolute atomic E-state index is 0.105. The molecule has 3 aromatic carbocycles. The number of rotatable bonds is 9. The zero-order valence-electron chi connectivity index (χ0n) is 18.8. The van der Waals surface area contributed by atoms with Crippen molar-refractivity contribution in [1.29, 1.82) is 0 Å². The van der Waals surface area contributed by atoms with Crippen molar-refractivity contribution in [2.75, 3.05) is 4.31 Å². The van der Waals surface area contributed by atoms with Crippen molar-refractivity contribution in [3.05, 3.63) is 106 Å². The first-order valence-electron chi connectivity index (χ1n) is 10.9. The number of aromatic nitrogens is 2. The number of carbonyl (C=O) groups is 1. The SMILES string of the molecule is CCC(NC(=O)c1ccc(Cl)cc1N(c1nsnc1Cc1ccccc1)S(=O)[O-])c1ccccc1. The zero-order valence-corrected chi connectivity index (χ0v) is 21.1. The van der Waals surface area contributed by atoms with Crippen LogP contribution in [-0.4, -0.2) is 23.4 Å². The lowest BCUT2D eigenvalue weighted by molar-refractivity contribution is 0.0936. The molecule has 0 fully saturated rings. The van der Waals surface area contributed by atoms with Crippen molar-refractivity contribution in [3.8, 4) is 0 Å². The highest BCUT2D eigenvalue weighted by atomic mass is 35.5. The van der Waals surface area contributed by atoms with Crippen molar-refractivity contribution in [2.45, 2.75) is 25.8 Å². The minimum Gasteiger partial charge on any atom is -0.755 e. The largest absolute Gasteiger partial charge is 0.755 e. The maximum absolute atomic E-state index is 13.4. The van der Waals surface area contributed by atoms with Crippen LogP contribution >= 0.6 is 23.3 Å². The lowest BCUT2D eigenvalue weighted by Gasteiger charge is -2.27. The van der Waals surface area contributed by atoms with E-state index in [4.69, 9.17) is 11.6 Å². The zero-order chi connectivity index (χ0) is 24.8. The van der Waals surface area contributed by atoms with Crippen LogP contribution in [0.2, 0.25) is 5.02 Å². The smallest absolute Gasteiger partial charge is 0.253 e. The molecule has 4 aromatic rings. The maximum Gasteiger partial charge on any atom is 0.253 e. The van der Waals surface area contributed by atoms with Gasteiger partial charge in [-0.1, -0.05) is 79.2 Å². The Morgan fingerprint density at radius 2 is 1.77 bits per heavy atom. The van der Waals surface area contributed by atoms with Crippen LogP contribution in [0.4, 0.5) is 11.5 Å². The van der Waals surface area contributed by atoms with Crippen LogP contribution in [-0.2, 0) is 17.7 Å². The van der Waals surface area contributed by atoms with Crippen LogP contribution in [0.1, 0.15) is 46.6 Å². The summed E-state index contributed by atoms with van der Waals surface area (Å²) in [6.45, 7) is 1.97. The summed E-state index contributed by atoms with van der Waals surface area (Å²) in [6.07, 6.45) is 1.04. The first-order chi connectivity index (χ1) is 17.0. The molecule has 0 aliphatic carbocycles. The fourth-order valence-corrected chi connectivity index (χ4v) is 5.10. The van der Waals surface area contributed by atoms with Crippen molar-refractivity contribution >= 4 is 52.0 Å². The van der Waals surface area contributed by atoms with E-state index in [1.165, 1.54) is 12.1 Å². The predicted octanol–water partition coefficient (Wildman–Crippen LogP) is 5.60. The first-order valence-corrected chi connectivity index (χ1v) is 13.0. The monoisotopic (exact) mass is 525 g/mol. The highest BCUT2D eigenvalue weighted by Gasteiger charge is 2.25. The molecule has 0 aliphatic heterocycles. The summed E-state index contributed by atoms with van der Waals surface area (Å²) in [5.41, 5.74) is 2.65. The molecular formula is C25H22ClN4O3S2-. The Labute approximate surface area is 215 Å². The number of amides is 1. The standard InChI is InChI=1S/C25H23ClN4O3S2/c1-2-21(18-11-7-4-8-12-18)27-25(31)20-14-13-19(26)16-23(20)30(35(32)33)24-22(28-34-29-24)15-17-9-5-3-6-10-17/h3-14,16,21H,2,15H2,1H3,(H,27,31)(H,32,33)/p-1. The topological polar surface area (TPSA) is 98.2 Å². The molecule has 7 nitrogen and oxygen atoms in total. The Morgan fingerprint density at radius 3 is 2.43 bits per heavy atom. The summed E-state index contributed by atoms with van der Waals surface area (Å²) in [5, 5.41) is 3.30. The number of halogens is 1. The lowest BCUT2D eigenvalue weighted by Crippen LogP contribution is -2.31. The highest BCUT2D eigenvalue weighted by Crippen LogP contribution is 2.34. The molecule has 0 saturated carbocycles. The summed E-state index contributed by atoms with van der Waals surface area (Å²) < 4.78 is 34.5. The van der Waals surface area contributed by atoms with Gasteiger partial charge in [0.1, 0.15) is 5.69 Å². The molecule has 1 N–H and O–H groups in total. The Hall–Kier alpha value is -3.11. The van der Waals surface area contributed by atoms with Gasteiger partial charge in [-0.3, -0.25) is 13.3 Å². The summed E-state index contributed by atoms with van der Waals surface area (Å²) >= 11 is 4.36. The molecule has 4 rings (SSSR count). The molecule has 2 atom stereocenters. The molecule has 10 heteroatoms. The molecular weight excluding hydrogens is 504 g/mol. The Morgan fingerprint density at radius 1 is 1.09 bits per heavy atom. The van der Waals surface area contributed by atoms with Crippen LogP contribution in [0, 0.1) is 0 Å². The Kier molecular flexibility index (Phi) is 8.25. The van der Waals surface area contributed by atoms with Crippen LogP contribution in [0.3, 0.4) is 0 Å².